The molecule has 98 valence electrons. The summed E-state index contributed by atoms with van der Waals surface area (Å²) in [6.45, 7) is 6.06. The maximum absolute atomic E-state index is 6.03. The van der Waals surface area contributed by atoms with Crippen LogP contribution in [0.15, 0.2) is 0 Å². The number of hydrogen-bond acceptors (Lipinski definition) is 4. The Bertz CT molecular complexity index is 139. The van der Waals surface area contributed by atoms with Gasteiger partial charge in [0.2, 0.25) is 0 Å². The molecule has 1 unspecified atom stereocenters. The molecule has 16 heavy (non-hydrogen) atoms. The third kappa shape index (κ3) is 9.09. The third-order valence-corrected chi connectivity index (χ3v) is 2.48. The molecule has 0 aromatic heterocycles. The summed E-state index contributed by atoms with van der Waals surface area (Å²) in [5, 5.41) is 0. The highest BCUT2D eigenvalue weighted by atomic mass is 16.7. The minimum absolute atomic E-state index is 0.139. The van der Waals surface area contributed by atoms with Crippen LogP contribution in [0.4, 0.5) is 0 Å². The van der Waals surface area contributed by atoms with Crippen molar-refractivity contribution < 1.29 is 9.47 Å². The Morgan fingerprint density at radius 2 is 1.62 bits per heavy atom. The standard InChI is InChI=1S/C12H28N2O2/c1-3-15-12(16-4-2)10-11(14)8-6-5-7-9-13/h11-12H,3-10,13-14H2,1-2H3. The molecule has 0 aliphatic heterocycles. The predicted molar refractivity (Wildman–Crippen MR) is 67.2 cm³/mol. The fraction of sp³-hybridized carbons (Fsp3) is 1.00. The van der Waals surface area contributed by atoms with Crippen molar-refractivity contribution in [1.29, 1.82) is 0 Å². The number of unbranched alkanes of at least 4 members (excludes halogenated alkanes) is 2. The highest BCUT2D eigenvalue weighted by molar-refractivity contribution is 4.64. The van der Waals surface area contributed by atoms with Crippen molar-refractivity contribution in [3.8, 4) is 0 Å². The van der Waals surface area contributed by atoms with E-state index in [4.69, 9.17) is 20.9 Å². The van der Waals surface area contributed by atoms with E-state index in [2.05, 4.69) is 0 Å². The average Bonchev–Trinajstić information content (AvgIpc) is 2.25. The van der Waals surface area contributed by atoms with Crippen LogP contribution in [0.1, 0.15) is 46.0 Å². The summed E-state index contributed by atoms with van der Waals surface area (Å²) in [7, 11) is 0. The zero-order valence-corrected chi connectivity index (χ0v) is 10.8. The van der Waals surface area contributed by atoms with E-state index >= 15 is 0 Å². The SMILES string of the molecule is CCOC(CC(N)CCCCCN)OCC. The minimum Gasteiger partial charge on any atom is -0.353 e. The van der Waals surface area contributed by atoms with Gasteiger partial charge >= 0.3 is 0 Å². The van der Waals surface area contributed by atoms with Crippen LogP contribution in [0.3, 0.4) is 0 Å². The molecule has 0 aromatic carbocycles. The van der Waals surface area contributed by atoms with Crippen molar-refractivity contribution in [3.63, 3.8) is 0 Å². The van der Waals surface area contributed by atoms with Gasteiger partial charge in [-0.3, -0.25) is 0 Å². The Morgan fingerprint density at radius 1 is 1.00 bits per heavy atom. The maximum atomic E-state index is 6.03. The summed E-state index contributed by atoms with van der Waals surface area (Å²) in [5.74, 6) is 0. The van der Waals surface area contributed by atoms with Gasteiger partial charge in [0.15, 0.2) is 6.29 Å². The van der Waals surface area contributed by atoms with Gasteiger partial charge in [-0.25, -0.2) is 0 Å². The van der Waals surface area contributed by atoms with Crippen molar-refractivity contribution >= 4 is 0 Å². The zero-order chi connectivity index (χ0) is 12.2. The lowest BCUT2D eigenvalue weighted by molar-refractivity contribution is -0.142. The molecule has 0 heterocycles. The van der Waals surface area contributed by atoms with E-state index in [-0.39, 0.29) is 12.3 Å². The first-order valence-electron chi connectivity index (χ1n) is 6.43. The lowest BCUT2D eigenvalue weighted by Gasteiger charge is -2.20. The van der Waals surface area contributed by atoms with E-state index in [1.165, 1.54) is 0 Å². The van der Waals surface area contributed by atoms with E-state index < -0.39 is 0 Å². The molecule has 4 N–H and O–H groups in total. The first kappa shape index (κ1) is 15.8. The monoisotopic (exact) mass is 232 g/mol. The summed E-state index contributed by atoms with van der Waals surface area (Å²) in [6.07, 6.45) is 5.06. The van der Waals surface area contributed by atoms with Gasteiger partial charge in [-0.1, -0.05) is 12.8 Å². The smallest absolute Gasteiger partial charge is 0.159 e. The van der Waals surface area contributed by atoms with Crippen LogP contribution in [-0.2, 0) is 9.47 Å². The number of hydrogen-bond donors (Lipinski definition) is 2. The molecule has 0 saturated heterocycles. The van der Waals surface area contributed by atoms with Crippen LogP contribution < -0.4 is 11.5 Å². The van der Waals surface area contributed by atoms with Crippen LogP contribution in [-0.4, -0.2) is 32.1 Å². The first-order chi connectivity index (χ1) is 7.74. The summed E-state index contributed by atoms with van der Waals surface area (Å²) in [5.41, 5.74) is 11.5. The fourth-order valence-corrected chi connectivity index (χ4v) is 1.65. The number of rotatable bonds is 11. The second-order valence-electron chi connectivity index (χ2n) is 3.97. The Balaban J connectivity index is 3.59. The highest BCUT2D eigenvalue weighted by Crippen LogP contribution is 2.09. The van der Waals surface area contributed by atoms with Crippen molar-refractivity contribution in [1.82, 2.24) is 0 Å². The minimum atomic E-state index is -0.139. The summed E-state index contributed by atoms with van der Waals surface area (Å²) in [6, 6.07) is 0.167. The maximum Gasteiger partial charge on any atom is 0.159 e. The molecule has 0 aromatic rings. The van der Waals surface area contributed by atoms with Gasteiger partial charge in [0, 0.05) is 25.7 Å². The molecule has 4 heteroatoms. The lowest BCUT2D eigenvalue weighted by atomic mass is 10.1. The molecule has 0 spiro atoms. The number of nitrogens with two attached hydrogens (primary N) is 2. The van der Waals surface area contributed by atoms with Crippen molar-refractivity contribution in [2.75, 3.05) is 19.8 Å². The predicted octanol–water partition coefficient (Wildman–Crippen LogP) is 1.62. The fourth-order valence-electron chi connectivity index (χ4n) is 1.65. The molecular weight excluding hydrogens is 204 g/mol. The molecular formula is C12H28N2O2. The van der Waals surface area contributed by atoms with Crippen LogP contribution in [0, 0.1) is 0 Å². The molecule has 0 aliphatic carbocycles. The van der Waals surface area contributed by atoms with E-state index in [1.54, 1.807) is 0 Å². The molecule has 0 radical (unpaired) electrons. The van der Waals surface area contributed by atoms with Crippen molar-refractivity contribution in [2.24, 2.45) is 11.5 Å². The topological polar surface area (TPSA) is 70.5 Å². The summed E-state index contributed by atoms with van der Waals surface area (Å²) < 4.78 is 10.9. The van der Waals surface area contributed by atoms with Crippen molar-refractivity contribution in [3.05, 3.63) is 0 Å². The second-order valence-corrected chi connectivity index (χ2v) is 3.97. The Hall–Kier alpha value is -0.160. The van der Waals surface area contributed by atoms with E-state index in [0.29, 0.717) is 13.2 Å². The van der Waals surface area contributed by atoms with Gasteiger partial charge in [0.05, 0.1) is 0 Å². The third-order valence-electron chi connectivity index (χ3n) is 2.48. The molecule has 0 rings (SSSR count). The molecule has 0 bridgehead atoms. The zero-order valence-electron chi connectivity index (χ0n) is 10.8. The molecule has 0 saturated carbocycles. The molecule has 1 atom stereocenters. The largest absolute Gasteiger partial charge is 0.353 e. The Labute approximate surface area is 99.7 Å². The van der Waals surface area contributed by atoms with Crippen molar-refractivity contribution in [2.45, 2.75) is 58.3 Å². The molecule has 0 fully saturated rings. The van der Waals surface area contributed by atoms with Gasteiger partial charge in [0.25, 0.3) is 0 Å². The molecule has 0 amide bonds. The number of ether oxygens (including phenoxy) is 2. The quantitative estimate of drug-likeness (QED) is 0.419. The van der Waals surface area contributed by atoms with Crippen LogP contribution in [0.2, 0.25) is 0 Å². The lowest BCUT2D eigenvalue weighted by Crippen LogP contribution is -2.29. The van der Waals surface area contributed by atoms with Crippen LogP contribution >= 0.6 is 0 Å². The van der Waals surface area contributed by atoms with Gasteiger partial charge in [0.1, 0.15) is 0 Å². The summed E-state index contributed by atoms with van der Waals surface area (Å²) >= 11 is 0. The second kappa shape index (κ2) is 11.3. The van der Waals surface area contributed by atoms with E-state index in [9.17, 15) is 0 Å². The van der Waals surface area contributed by atoms with E-state index in [0.717, 1.165) is 38.6 Å². The Morgan fingerprint density at radius 3 is 2.12 bits per heavy atom. The first-order valence-corrected chi connectivity index (χ1v) is 6.43. The van der Waals surface area contributed by atoms with Gasteiger partial charge in [-0.05, 0) is 33.2 Å². The van der Waals surface area contributed by atoms with Gasteiger partial charge < -0.3 is 20.9 Å². The van der Waals surface area contributed by atoms with Crippen LogP contribution in [0.25, 0.3) is 0 Å². The normalized spacial score (nSPS) is 13.3. The molecule has 0 aliphatic rings. The van der Waals surface area contributed by atoms with Crippen LogP contribution in [0.5, 0.6) is 0 Å². The van der Waals surface area contributed by atoms with Gasteiger partial charge in [-0.2, -0.15) is 0 Å². The molecule has 4 nitrogen and oxygen atoms in total. The van der Waals surface area contributed by atoms with E-state index in [1.807, 2.05) is 13.8 Å². The van der Waals surface area contributed by atoms with Gasteiger partial charge in [-0.15, -0.1) is 0 Å². The highest BCUT2D eigenvalue weighted by Gasteiger charge is 2.13. The summed E-state index contributed by atoms with van der Waals surface area (Å²) in [4.78, 5) is 0. The Kier molecular flexibility index (Phi) is 11.2. The average molecular weight is 232 g/mol.